The molecule has 0 atom stereocenters. The number of carbonyl (C=O) groups is 1. The van der Waals surface area contributed by atoms with E-state index in [4.69, 9.17) is 9.15 Å². The molecule has 1 amide bonds. The van der Waals surface area contributed by atoms with Crippen molar-refractivity contribution in [1.82, 2.24) is 20.8 Å². The minimum absolute atomic E-state index is 0.115. The molecule has 8 nitrogen and oxygen atoms in total. The summed E-state index contributed by atoms with van der Waals surface area (Å²) in [5.74, 6) is 0.347. The molecular formula is C10H19N5O3. The predicted octanol–water partition coefficient (Wildman–Crippen LogP) is -0.646. The molecule has 0 bridgehead atoms. The fraction of sp³-hybridized carbons (Fsp3) is 0.700. The Morgan fingerprint density at radius 2 is 2.28 bits per heavy atom. The fourth-order valence-corrected chi connectivity index (χ4v) is 1.18. The lowest BCUT2D eigenvalue weighted by molar-refractivity contribution is -0.119. The van der Waals surface area contributed by atoms with Crippen LogP contribution < -0.4 is 16.0 Å². The lowest BCUT2D eigenvalue weighted by Gasteiger charge is -2.01. The van der Waals surface area contributed by atoms with E-state index in [1.54, 1.807) is 7.11 Å². The molecule has 1 heterocycles. The first-order valence-corrected chi connectivity index (χ1v) is 5.78. The molecule has 18 heavy (non-hydrogen) atoms. The van der Waals surface area contributed by atoms with Crippen molar-refractivity contribution >= 4 is 11.9 Å². The van der Waals surface area contributed by atoms with Crippen LogP contribution in [0.15, 0.2) is 4.42 Å². The Morgan fingerprint density at radius 3 is 3.00 bits per heavy atom. The molecule has 0 spiro atoms. The van der Waals surface area contributed by atoms with Gasteiger partial charge in [-0.1, -0.05) is 5.10 Å². The Bertz CT molecular complexity index is 355. The van der Waals surface area contributed by atoms with Gasteiger partial charge in [-0.25, -0.2) is 0 Å². The quantitative estimate of drug-likeness (QED) is 0.505. The van der Waals surface area contributed by atoms with Crippen molar-refractivity contribution in [3.05, 3.63) is 5.89 Å². The maximum atomic E-state index is 11.2. The molecule has 0 saturated carbocycles. The molecule has 0 unspecified atom stereocenters. The molecule has 8 heteroatoms. The Kier molecular flexibility index (Phi) is 6.74. The van der Waals surface area contributed by atoms with Gasteiger partial charge in [-0.3, -0.25) is 4.79 Å². The predicted molar refractivity (Wildman–Crippen MR) is 65.1 cm³/mol. The van der Waals surface area contributed by atoms with Gasteiger partial charge in [-0.2, -0.15) is 0 Å². The highest BCUT2D eigenvalue weighted by Crippen LogP contribution is 2.04. The third kappa shape index (κ3) is 5.60. The third-order valence-electron chi connectivity index (χ3n) is 2.00. The number of hydrogen-bond donors (Lipinski definition) is 3. The van der Waals surface area contributed by atoms with Crippen LogP contribution in [0.4, 0.5) is 6.01 Å². The summed E-state index contributed by atoms with van der Waals surface area (Å²) in [6.45, 7) is 4.37. The second-order valence-corrected chi connectivity index (χ2v) is 3.48. The van der Waals surface area contributed by atoms with Gasteiger partial charge in [-0.15, -0.1) is 5.10 Å². The number of rotatable bonds is 9. The number of likely N-dealkylation sites (N-methyl/N-ethyl adjacent to an activating group) is 1. The summed E-state index contributed by atoms with van der Waals surface area (Å²) >= 11 is 0. The highest BCUT2D eigenvalue weighted by atomic mass is 16.5. The van der Waals surface area contributed by atoms with Crippen LogP contribution in [0.5, 0.6) is 0 Å². The molecule has 1 aromatic heterocycles. The lowest BCUT2D eigenvalue weighted by atomic mass is 10.5. The van der Waals surface area contributed by atoms with Crippen LogP contribution in [0.1, 0.15) is 12.8 Å². The number of nitrogens with zero attached hydrogens (tertiary/aromatic N) is 2. The monoisotopic (exact) mass is 257 g/mol. The molecule has 0 radical (unpaired) electrons. The summed E-state index contributed by atoms with van der Waals surface area (Å²) in [6, 6.07) is 0.241. The third-order valence-corrected chi connectivity index (χ3v) is 2.00. The van der Waals surface area contributed by atoms with Gasteiger partial charge in [-0.05, 0) is 6.92 Å². The van der Waals surface area contributed by atoms with Gasteiger partial charge in [0.1, 0.15) is 0 Å². The van der Waals surface area contributed by atoms with Crippen molar-refractivity contribution in [2.24, 2.45) is 0 Å². The van der Waals surface area contributed by atoms with Gasteiger partial charge in [0.05, 0.1) is 19.7 Å². The zero-order chi connectivity index (χ0) is 13.2. The fourth-order valence-electron chi connectivity index (χ4n) is 1.18. The zero-order valence-electron chi connectivity index (χ0n) is 10.7. The van der Waals surface area contributed by atoms with E-state index >= 15 is 0 Å². The van der Waals surface area contributed by atoms with Gasteiger partial charge in [0.2, 0.25) is 11.8 Å². The number of ether oxygens (including phenoxy) is 1. The van der Waals surface area contributed by atoms with E-state index in [0.717, 1.165) is 0 Å². The van der Waals surface area contributed by atoms with Gasteiger partial charge >= 0.3 is 6.01 Å². The summed E-state index contributed by atoms with van der Waals surface area (Å²) < 4.78 is 10.2. The van der Waals surface area contributed by atoms with Crippen molar-refractivity contribution in [3.8, 4) is 0 Å². The number of nitrogens with one attached hydrogen (secondary N) is 3. The molecule has 1 aromatic rings. The summed E-state index contributed by atoms with van der Waals surface area (Å²) in [5.41, 5.74) is 0. The van der Waals surface area contributed by atoms with E-state index < -0.39 is 0 Å². The van der Waals surface area contributed by atoms with Crippen molar-refractivity contribution in [2.45, 2.75) is 13.5 Å². The van der Waals surface area contributed by atoms with E-state index in [1.165, 1.54) is 0 Å². The Balaban J connectivity index is 2.23. The van der Waals surface area contributed by atoms with E-state index in [0.29, 0.717) is 32.1 Å². The Morgan fingerprint density at radius 1 is 1.44 bits per heavy atom. The second kappa shape index (κ2) is 8.43. The molecule has 0 aromatic carbocycles. The highest BCUT2D eigenvalue weighted by molar-refractivity contribution is 5.79. The van der Waals surface area contributed by atoms with E-state index in [9.17, 15) is 4.79 Å². The van der Waals surface area contributed by atoms with Crippen LogP contribution in [-0.4, -0.2) is 49.5 Å². The SMILES string of the molecule is CCNC(=O)CNc1nnc(CNCCOC)o1. The van der Waals surface area contributed by atoms with Gasteiger partial charge in [0.15, 0.2) is 0 Å². The lowest BCUT2D eigenvalue weighted by Crippen LogP contribution is -2.29. The number of anilines is 1. The first-order valence-electron chi connectivity index (χ1n) is 5.78. The van der Waals surface area contributed by atoms with Crippen molar-refractivity contribution in [2.75, 3.05) is 38.7 Å². The largest absolute Gasteiger partial charge is 0.407 e. The van der Waals surface area contributed by atoms with E-state index in [2.05, 4.69) is 26.1 Å². The van der Waals surface area contributed by atoms with Gasteiger partial charge < -0.3 is 25.1 Å². The minimum atomic E-state index is -0.115. The van der Waals surface area contributed by atoms with Crippen LogP contribution in [0, 0.1) is 0 Å². The van der Waals surface area contributed by atoms with Crippen molar-refractivity contribution < 1.29 is 13.9 Å². The number of methoxy groups -OCH3 is 1. The highest BCUT2D eigenvalue weighted by Gasteiger charge is 2.06. The summed E-state index contributed by atoms with van der Waals surface area (Å²) in [4.78, 5) is 11.2. The topological polar surface area (TPSA) is 101 Å². The molecule has 102 valence electrons. The van der Waals surface area contributed by atoms with Gasteiger partial charge in [0.25, 0.3) is 0 Å². The molecular weight excluding hydrogens is 238 g/mol. The van der Waals surface area contributed by atoms with Crippen molar-refractivity contribution in [1.29, 1.82) is 0 Å². The number of carbonyl (C=O) groups excluding carboxylic acids is 1. The first-order chi connectivity index (χ1) is 8.76. The van der Waals surface area contributed by atoms with Gasteiger partial charge in [0, 0.05) is 20.2 Å². The molecule has 0 aliphatic heterocycles. The molecule has 0 fully saturated rings. The molecule has 0 saturated heterocycles. The summed E-state index contributed by atoms with van der Waals surface area (Å²) in [7, 11) is 1.64. The average molecular weight is 257 g/mol. The molecule has 3 N–H and O–H groups in total. The maximum Gasteiger partial charge on any atom is 0.315 e. The normalized spacial score (nSPS) is 10.3. The van der Waals surface area contributed by atoms with Crippen LogP contribution in [-0.2, 0) is 16.1 Å². The van der Waals surface area contributed by atoms with Crippen molar-refractivity contribution in [3.63, 3.8) is 0 Å². The summed E-state index contributed by atoms with van der Waals surface area (Å²) in [6.07, 6.45) is 0. The smallest absolute Gasteiger partial charge is 0.315 e. The number of aromatic nitrogens is 2. The Labute approximate surface area is 105 Å². The molecule has 0 aliphatic carbocycles. The van der Waals surface area contributed by atoms with Crippen LogP contribution in [0.25, 0.3) is 0 Å². The van der Waals surface area contributed by atoms with Crippen LogP contribution in [0.3, 0.4) is 0 Å². The summed E-state index contributed by atoms with van der Waals surface area (Å²) in [5, 5.41) is 16.1. The molecule has 1 rings (SSSR count). The van der Waals surface area contributed by atoms with E-state index in [-0.39, 0.29) is 18.5 Å². The maximum absolute atomic E-state index is 11.2. The van der Waals surface area contributed by atoms with Crippen LogP contribution in [0.2, 0.25) is 0 Å². The zero-order valence-corrected chi connectivity index (χ0v) is 10.7. The van der Waals surface area contributed by atoms with E-state index in [1.807, 2.05) is 6.92 Å². The second-order valence-electron chi connectivity index (χ2n) is 3.48. The average Bonchev–Trinajstić information content (AvgIpc) is 2.81. The number of amides is 1. The Hall–Kier alpha value is -1.67. The number of hydrogen-bond acceptors (Lipinski definition) is 7. The van der Waals surface area contributed by atoms with Crippen LogP contribution >= 0.6 is 0 Å². The first kappa shape index (κ1) is 14.4. The molecule has 0 aliphatic rings. The minimum Gasteiger partial charge on any atom is -0.407 e. The standard InChI is InChI=1S/C10H19N5O3/c1-3-12-8(16)6-13-10-15-14-9(18-10)7-11-4-5-17-2/h11H,3-7H2,1-2H3,(H,12,16)(H,13,15).